The summed E-state index contributed by atoms with van der Waals surface area (Å²) in [6.07, 6.45) is 38.7. The molecule has 1 aromatic heterocycles. The molecule has 0 amide bonds. The van der Waals surface area contributed by atoms with Crippen LogP contribution < -0.4 is 4.89 Å². The number of carbonyl (C=O) groups is 2. The average molecular weight is 920 g/mol. The number of epoxide rings is 1. The lowest BCUT2D eigenvalue weighted by Crippen LogP contribution is -2.37. The number of phosphoric ester groups is 1. The van der Waals surface area contributed by atoms with Crippen LogP contribution >= 0.6 is 7.82 Å². The fourth-order valence-electron chi connectivity index (χ4n) is 7.40. The minimum atomic E-state index is -4.66. The van der Waals surface area contributed by atoms with Crippen LogP contribution in [-0.2, 0) is 50.3 Å². The fourth-order valence-corrected chi connectivity index (χ4v) is 8.13. The second-order valence-electron chi connectivity index (χ2n) is 18.8. The highest BCUT2D eigenvalue weighted by Gasteiger charge is 2.36. The summed E-state index contributed by atoms with van der Waals surface area (Å²) in [6, 6.07) is 0. The number of hydrogen-bond acceptors (Lipinski definition) is 10. The first-order valence-electron chi connectivity index (χ1n) is 25.2. The molecule has 1 aliphatic rings. The van der Waals surface area contributed by atoms with Crippen molar-refractivity contribution in [3.05, 3.63) is 59.1 Å². The smallest absolute Gasteiger partial charge is 0.306 e. The SMILES string of the molecule is CCCCC/C=C\C/C=C\CC1OC1C/C=C\CCCC(=O)OC[C@H](COP(=O)([O-])OCC[N+](C)(C)C)OC(=O)CCCCCCCCCCCCc1oc(CCCCC)c(C)c1C. The van der Waals surface area contributed by atoms with Crippen LogP contribution in [-0.4, -0.2) is 82.2 Å². The minimum absolute atomic E-state index is 0.0485. The number of furan rings is 1. The highest BCUT2D eigenvalue weighted by atomic mass is 31.2. The van der Waals surface area contributed by atoms with Crippen LogP contribution in [0.5, 0.6) is 0 Å². The van der Waals surface area contributed by atoms with E-state index in [0.717, 1.165) is 64.2 Å². The lowest BCUT2D eigenvalue weighted by Gasteiger charge is -2.28. The van der Waals surface area contributed by atoms with E-state index in [1.54, 1.807) is 0 Å². The van der Waals surface area contributed by atoms with E-state index in [-0.39, 0.29) is 38.3 Å². The number of ether oxygens (including phenoxy) is 3. The first kappa shape index (κ1) is 57.6. The largest absolute Gasteiger partial charge is 0.756 e. The number of likely N-dealkylation sites (N-methyl/N-ethyl adjacent to an activating group) is 1. The van der Waals surface area contributed by atoms with Crippen LogP contribution in [0, 0.1) is 13.8 Å². The highest BCUT2D eigenvalue weighted by molar-refractivity contribution is 7.45. The Morgan fingerprint density at radius 1 is 0.656 bits per heavy atom. The lowest BCUT2D eigenvalue weighted by molar-refractivity contribution is -0.870. The van der Waals surface area contributed by atoms with Crippen LogP contribution in [0.2, 0.25) is 0 Å². The van der Waals surface area contributed by atoms with E-state index in [2.05, 4.69) is 64.2 Å². The Morgan fingerprint density at radius 3 is 1.80 bits per heavy atom. The zero-order chi connectivity index (χ0) is 46.9. The molecule has 4 atom stereocenters. The first-order chi connectivity index (χ1) is 30.7. The molecule has 0 saturated carbocycles. The summed E-state index contributed by atoms with van der Waals surface area (Å²) >= 11 is 0. The Bertz CT molecular complexity index is 1530. The van der Waals surface area contributed by atoms with Crippen molar-refractivity contribution in [3.8, 4) is 0 Å². The van der Waals surface area contributed by atoms with Gasteiger partial charge >= 0.3 is 11.9 Å². The van der Waals surface area contributed by atoms with Crippen molar-refractivity contribution in [2.75, 3.05) is 47.5 Å². The van der Waals surface area contributed by atoms with E-state index in [1.807, 2.05) is 21.1 Å². The molecule has 1 fully saturated rings. The Hall–Kier alpha value is -2.53. The van der Waals surface area contributed by atoms with Crippen LogP contribution in [0.25, 0.3) is 0 Å². The van der Waals surface area contributed by atoms with E-state index in [0.29, 0.717) is 23.9 Å². The van der Waals surface area contributed by atoms with Crippen molar-refractivity contribution in [1.82, 2.24) is 0 Å². The third kappa shape index (κ3) is 29.9. The van der Waals surface area contributed by atoms with Gasteiger partial charge in [0.25, 0.3) is 7.82 Å². The molecule has 0 spiro atoms. The van der Waals surface area contributed by atoms with Crippen molar-refractivity contribution in [3.63, 3.8) is 0 Å². The summed E-state index contributed by atoms with van der Waals surface area (Å²) in [7, 11) is 1.11. The summed E-state index contributed by atoms with van der Waals surface area (Å²) in [5.41, 5.74) is 2.68. The standard InChI is InChI=1S/C52H90NO10P/c1-8-10-12-13-14-17-21-24-30-36-49-50(63-49)37-31-26-27-32-38-51(54)58-42-46(43-60-64(56,57)59-41-40-53(5,6)7)61-52(55)39-33-25-22-19-16-15-18-20-23-29-35-48-45(4)44(3)47(62-48)34-28-11-9-2/h14,17,24,26,30-31,46,49-50H,8-13,15-16,18-23,25,27-29,32-43H2,1-7H3/b17-14-,30-24-,31-26-/t46-,49?,50?/m1/s1. The van der Waals surface area contributed by atoms with Gasteiger partial charge in [0.1, 0.15) is 31.3 Å². The molecule has 0 radical (unpaired) electrons. The Morgan fingerprint density at radius 2 is 1.17 bits per heavy atom. The quantitative estimate of drug-likeness (QED) is 0.0156. The average Bonchev–Trinajstić information content (AvgIpc) is 3.95. The third-order valence-corrected chi connectivity index (χ3v) is 12.7. The van der Waals surface area contributed by atoms with Gasteiger partial charge in [0, 0.05) is 25.7 Å². The summed E-state index contributed by atoms with van der Waals surface area (Å²) in [6.45, 7) is 8.47. The van der Waals surface area contributed by atoms with Crippen LogP contribution in [0.1, 0.15) is 191 Å². The maximum Gasteiger partial charge on any atom is 0.306 e. The zero-order valence-corrected chi connectivity index (χ0v) is 42.3. The molecule has 1 aromatic rings. The normalized spacial score (nSPS) is 16.9. The summed E-state index contributed by atoms with van der Waals surface area (Å²) in [5, 5.41) is 0. The third-order valence-electron chi connectivity index (χ3n) is 11.8. The lowest BCUT2D eigenvalue weighted by atomic mass is 10.0. The number of allylic oxidation sites excluding steroid dienone is 4. The number of esters is 2. The second-order valence-corrected chi connectivity index (χ2v) is 20.2. The summed E-state index contributed by atoms with van der Waals surface area (Å²) < 4.78 is 46.1. The Kier molecular flexibility index (Phi) is 31.3. The predicted octanol–water partition coefficient (Wildman–Crippen LogP) is 12.5. The number of aryl methyl sites for hydroxylation is 2. The van der Waals surface area contributed by atoms with E-state index in [9.17, 15) is 19.0 Å². The van der Waals surface area contributed by atoms with Crippen molar-refractivity contribution in [2.24, 2.45) is 0 Å². The van der Waals surface area contributed by atoms with E-state index in [1.165, 1.54) is 99.7 Å². The summed E-state index contributed by atoms with van der Waals surface area (Å²) in [4.78, 5) is 37.8. The number of unbranched alkanes of at least 4 members (excludes halogenated alkanes) is 15. The maximum atomic E-state index is 12.8. The maximum absolute atomic E-state index is 12.8. The predicted molar refractivity (Wildman–Crippen MR) is 257 cm³/mol. The van der Waals surface area contributed by atoms with Gasteiger partial charge in [0.2, 0.25) is 0 Å². The van der Waals surface area contributed by atoms with Crippen LogP contribution in [0.4, 0.5) is 0 Å². The van der Waals surface area contributed by atoms with Crippen molar-refractivity contribution >= 4 is 19.8 Å². The first-order valence-corrected chi connectivity index (χ1v) is 26.6. The number of quaternary nitrogens is 1. The van der Waals surface area contributed by atoms with Crippen LogP contribution in [0.3, 0.4) is 0 Å². The van der Waals surface area contributed by atoms with Gasteiger partial charge in [-0.1, -0.05) is 127 Å². The topological polar surface area (TPSA) is 137 Å². The molecule has 1 saturated heterocycles. The number of hydrogen-bond donors (Lipinski definition) is 0. The van der Waals surface area contributed by atoms with Gasteiger partial charge in [0.15, 0.2) is 6.10 Å². The van der Waals surface area contributed by atoms with Gasteiger partial charge < -0.3 is 37.1 Å². The number of nitrogens with zero attached hydrogens (tertiary/aromatic N) is 1. The molecule has 1 aliphatic heterocycles. The summed E-state index contributed by atoms with van der Waals surface area (Å²) in [5.74, 6) is 1.44. The van der Waals surface area contributed by atoms with Crippen molar-refractivity contribution in [1.29, 1.82) is 0 Å². The Labute approximate surface area is 389 Å². The van der Waals surface area contributed by atoms with E-state index < -0.39 is 32.5 Å². The molecule has 11 nitrogen and oxygen atoms in total. The number of rotatable bonds is 41. The molecule has 64 heavy (non-hydrogen) atoms. The molecule has 368 valence electrons. The molecule has 2 rings (SSSR count). The molecule has 0 bridgehead atoms. The number of phosphoric acid groups is 1. The molecule has 2 heterocycles. The van der Waals surface area contributed by atoms with E-state index >= 15 is 0 Å². The van der Waals surface area contributed by atoms with Gasteiger partial charge in [-0.05, 0) is 89.2 Å². The molecular weight excluding hydrogens is 830 g/mol. The van der Waals surface area contributed by atoms with Crippen molar-refractivity contribution < 1.29 is 51.2 Å². The number of carbonyl (C=O) groups excluding carboxylic acids is 2. The molecule has 12 heteroatoms. The molecule has 3 unspecified atom stereocenters. The molecule has 0 aromatic carbocycles. The fraction of sp³-hybridized carbons (Fsp3) is 0.769. The minimum Gasteiger partial charge on any atom is -0.756 e. The monoisotopic (exact) mass is 920 g/mol. The van der Waals surface area contributed by atoms with Crippen LogP contribution in [0.15, 0.2) is 40.9 Å². The second kappa shape index (κ2) is 34.7. The zero-order valence-electron chi connectivity index (χ0n) is 41.4. The van der Waals surface area contributed by atoms with E-state index in [4.69, 9.17) is 27.7 Å². The van der Waals surface area contributed by atoms with Gasteiger partial charge in [-0.3, -0.25) is 14.2 Å². The Balaban J connectivity index is 1.61. The van der Waals surface area contributed by atoms with Gasteiger partial charge in [0.05, 0.1) is 40.0 Å². The molecule has 0 aliphatic carbocycles. The molecule has 0 N–H and O–H groups in total. The highest BCUT2D eigenvalue weighted by Crippen LogP contribution is 2.38. The van der Waals surface area contributed by atoms with Gasteiger partial charge in [-0.25, -0.2) is 0 Å². The van der Waals surface area contributed by atoms with Crippen molar-refractivity contribution in [2.45, 2.75) is 213 Å². The van der Waals surface area contributed by atoms with Gasteiger partial charge in [-0.2, -0.15) is 0 Å². The molecular formula is C52H90NO10P. The van der Waals surface area contributed by atoms with Gasteiger partial charge in [-0.15, -0.1) is 0 Å².